The van der Waals surface area contributed by atoms with Gasteiger partial charge in [0.15, 0.2) is 0 Å². The van der Waals surface area contributed by atoms with Crippen LogP contribution in [0.1, 0.15) is 25.0 Å². The Bertz CT molecular complexity index is 3420. The number of aromatic nitrogens is 4. The third-order valence-corrected chi connectivity index (χ3v) is 12.3. The Hall–Kier alpha value is -7.30. The molecule has 57 heavy (non-hydrogen) atoms. The summed E-state index contributed by atoms with van der Waals surface area (Å²) in [6.45, 7) is 4.65. The third-order valence-electron chi connectivity index (χ3n) is 12.3. The van der Waals surface area contributed by atoms with Crippen molar-refractivity contribution in [1.29, 1.82) is 0 Å². The molecule has 12 rings (SSSR count). The second-order valence-electron chi connectivity index (χ2n) is 15.8. The minimum Gasteiger partial charge on any atom is -0.309 e. The number of rotatable bonds is 4. The normalized spacial score (nSPS) is 13.2. The molecule has 1 aliphatic rings. The lowest BCUT2D eigenvalue weighted by Crippen LogP contribution is -2.14. The average molecular weight is 729 g/mol. The van der Waals surface area contributed by atoms with E-state index in [0.29, 0.717) is 5.95 Å². The van der Waals surface area contributed by atoms with Crippen molar-refractivity contribution in [3.8, 4) is 45.1 Å². The molecule has 3 heterocycles. The largest absolute Gasteiger partial charge is 0.309 e. The molecular formula is C53H36N4. The summed E-state index contributed by atoms with van der Waals surface area (Å²) in [6.07, 6.45) is 0. The minimum absolute atomic E-state index is 0.139. The Morgan fingerprint density at radius 2 is 1.00 bits per heavy atom. The quantitative estimate of drug-likeness (QED) is 0.181. The predicted octanol–water partition coefficient (Wildman–Crippen LogP) is 13.5. The van der Waals surface area contributed by atoms with Gasteiger partial charge in [0.1, 0.15) is 0 Å². The molecule has 0 saturated carbocycles. The van der Waals surface area contributed by atoms with Gasteiger partial charge >= 0.3 is 0 Å². The molecule has 0 saturated heterocycles. The molecule has 0 spiro atoms. The van der Waals surface area contributed by atoms with Crippen LogP contribution in [0.3, 0.4) is 0 Å². The molecule has 0 aliphatic heterocycles. The van der Waals surface area contributed by atoms with Crippen LogP contribution in [0.25, 0.3) is 99.7 Å². The first-order valence-corrected chi connectivity index (χ1v) is 19.7. The summed E-state index contributed by atoms with van der Waals surface area (Å²) in [4.78, 5) is 11.0. The molecule has 11 aromatic rings. The van der Waals surface area contributed by atoms with E-state index in [2.05, 4.69) is 205 Å². The second-order valence-corrected chi connectivity index (χ2v) is 15.8. The molecule has 0 N–H and O–H groups in total. The number of hydrogen-bond acceptors (Lipinski definition) is 2. The molecule has 268 valence electrons. The first-order chi connectivity index (χ1) is 28.0. The molecule has 4 heteroatoms. The van der Waals surface area contributed by atoms with Crippen molar-refractivity contribution in [1.82, 2.24) is 19.1 Å². The summed E-state index contributed by atoms with van der Waals surface area (Å²) in [5, 5.41) is 5.90. The van der Waals surface area contributed by atoms with Crippen molar-refractivity contribution in [2.45, 2.75) is 19.3 Å². The van der Waals surface area contributed by atoms with Crippen LogP contribution < -0.4 is 0 Å². The zero-order chi connectivity index (χ0) is 37.8. The van der Waals surface area contributed by atoms with E-state index in [1.165, 1.54) is 66.0 Å². The number of benzene rings is 8. The highest BCUT2D eigenvalue weighted by Crippen LogP contribution is 2.51. The van der Waals surface area contributed by atoms with Crippen LogP contribution in [0.2, 0.25) is 0 Å². The Morgan fingerprint density at radius 1 is 0.404 bits per heavy atom. The maximum atomic E-state index is 5.56. The highest BCUT2D eigenvalue weighted by Gasteiger charge is 2.37. The Kier molecular flexibility index (Phi) is 6.65. The lowest BCUT2D eigenvalue weighted by Gasteiger charge is -2.21. The van der Waals surface area contributed by atoms with Gasteiger partial charge in [-0.05, 0) is 70.3 Å². The van der Waals surface area contributed by atoms with E-state index in [-0.39, 0.29) is 5.41 Å². The Labute approximate surface area is 329 Å². The molecule has 0 amide bonds. The van der Waals surface area contributed by atoms with Crippen molar-refractivity contribution in [2.24, 2.45) is 0 Å². The van der Waals surface area contributed by atoms with Crippen molar-refractivity contribution < 1.29 is 0 Å². The summed E-state index contributed by atoms with van der Waals surface area (Å²) in [5.74, 6) is 0.671. The standard InChI is InChI=1S/C53H36N4/c1-53(2)43-22-12-9-21-40(43)49-44(53)29-28-41-50(33-15-5-3-6-16-33)54-52(55-51(41)49)57-46-24-14-11-20-38(46)42-31-34(26-30-47(42)57)35-25-27-39-37-19-10-13-23-45(37)56(48(39)32-35)36-17-7-4-8-18-36/h3-32H,1-2H3. The molecule has 8 aromatic carbocycles. The number of nitrogens with zero attached hydrogens (tertiary/aromatic N) is 4. The van der Waals surface area contributed by atoms with Crippen LogP contribution in [-0.4, -0.2) is 19.1 Å². The number of para-hydroxylation sites is 3. The van der Waals surface area contributed by atoms with E-state index in [4.69, 9.17) is 9.97 Å². The second kappa shape index (κ2) is 11.8. The van der Waals surface area contributed by atoms with Crippen LogP contribution in [0.4, 0.5) is 0 Å². The first kappa shape index (κ1) is 32.0. The van der Waals surface area contributed by atoms with Crippen LogP contribution in [0.5, 0.6) is 0 Å². The van der Waals surface area contributed by atoms with E-state index < -0.39 is 0 Å². The predicted molar refractivity (Wildman–Crippen MR) is 237 cm³/mol. The zero-order valence-electron chi connectivity index (χ0n) is 31.6. The van der Waals surface area contributed by atoms with Gasteiger partial charge < -0.3 is 4.57 Å². The van der Waals surface area contributed by atoms with E-state index in [1.54, 1.807) is 0 Å². The molecule has 0 radical (unpaired) electrons. The van der Waals surface area contributed by atoms with Crippen LogP contribution in [0, 0.1) is 0 Å². The summed E-state index contributed by atoms with van der Waals surface area (Å²) in [6, 6.07) is 65.7. The van der Waals surface area contributed by atoms with E-state index in [0.717, 1.165) is 38.9 Å². The van der Waals surface area contributed by atoms with Gasteiger partial charge in [-0.25, -0.2) is 9.97 Å². The fourth-order valence-corrected chi connectivity index (χ4v) is 9.66. The third kappa shape index (κ3) is 4.55. The summed E-state index contributed by atoms with van der Waals surface area (Å²) >= 11 is 0. The highest BCUT2D eigenvalue weighted by molar-refractivity contribution is 6.13. The van der Waals surface area contributed by atoms with Gasteiger partial charge in [-0.3, -0.25) is 4.57 Å². The van der Waals surface area contributed by atoms with Crippen LogP contribution in [-0.2, 0) is 5.41 Å². The maximum Gasteiger partial charge on any atom is 0.235 e. The SMILES string of the molecule is CC1(C)c2ccccc2-c2c1ccc1c(-c3ccccc3)nc(-n3c4ccccc4c4cc(-c5ccc6c7ccccc7n(-c7ccccc7)c6c5)ccc43)nc21. The molecule has 0 unspecified atom stereocenters. The van der Waals surface area contributed by atoms with E-state index in [1.807, 2.05) is 0 Å². The fourth-order valence-electron chi connectivity index (χ4n) is 9.66. The fraction of sp³-hybridized carbons (Fsp3) is 0.0566. The topological polar surface area (TPSA) is 35.6 Å². The summed E-state index contributed by atoms with van der Waals surface area (Å²) in [5.41, 5.74) is 16.0. The van der Waals surface area contributed by atoms with Crippen molar-refractivity contribution in [3.05, 3.63) is 193 Å². The lowest BCUT2D eigenvalue weighted by molar-refractivity contribution is 0.661. The summed E-state index contributed by atoms with van der Waals surface area (Å²) in [7, 11) is 0. The first-order valence-electron chi connectivity index (χ1n) is 19.7. The number of fused-ring (bicyclic) bond motifs is 11. The van der Waals surface area contributed by atoms with Crippen LogP contribution >= 0.6 is 0 Å². The van der Waals surface area contributed by atoms with Gasteiger partial charge in [0.05, 0.1) is 33.3 Å². The molecule has 0 atom stereocenters. The van der Waals surface area contributed by atoms with Gasteiger partial charge in [-0.2, -0.15) is 0 Å². The maximum absolute atomic E-state index is 5.56. The Balaban J connectivity index is 1.10. The van der Waals surface area contributed by atoms with Crippen molar-refractivity contribution >= 4 is 54.5 Å². The highest BCUT2D eigenvalue weighted by atomic mass is 15.2. The molecule has 0 fully saturated rings. The van der Waals surface area contributed by atoms with Gasteiger partial charge in [0.2, 0.25) is 5.95 Å². The van der Waals surface area contributed by atoms with Gasteiger partial charge in [-0.15, -0.1) is 0 Å². The lowest BCUT2D eigenvalue weighted by atomic mass is 9.82. The molecule has 4 nitrogen and oxygen atoms in total. The van der Waals surface area contributed by atoms with Gasteiger partial charge in [0.25, 0.3) is 0 Å². The van der Waals surface area contributed by atoms with E-state index >= 15 is 0 Å². The monoisotopic (exact) mass is 728 g/mol. The summed E-state index contributed by atoms with van der Waals surface area (Å²) < 4.78 is 4.65. The Morgan fingerprint density at radius 3 is 1.81 bits per heavy atom. The van der Waals surface area contributed by atoms with Crippen LogP contribution in [0.15, 0.2) is 182 Å². The molecule has 0 bridgehead atoms. The van der Waals surface area contributed by atoms with Crippen molar-refractivity contribution in [2.75, 3.05) is 0 Å². The molecule has 1 aliphatic carbocycles. The minimum atomic E-state index is -0.139. The smallest absolute Gasteiger partial charge is 0.235 e. The molecular weight excluding hydrogens is 693 g/mol. The van der Waals surface area contributed by atoms with Gasteiger partial charge in [0, 0.05) is 49.2 Å². The zero-order valence-corrected chi connectivity index (χ0v) is 31.6. The number of hydrogen-bond donors (Lipinski definition) is 0. The average Bonchev–Trinajstić information content (AvgIpc) is 3.86. The van der Waals surface area contributed by atoms with Crippen molar-refractivity contribution in [3.63, 3.8) is 0 Å². The van der Waals surface area contributed by atoms with Gasteiger partial charge in [-0.1, -0.05) is 153 Å². The molecule has 3 aromatic heterocycles. The van der Waals surface area contributed by atoms with E-state index in [9.17, 15) is 0 Å².